The zero-order valence-corrected chi connectivity index (χ0v) is 10.1. The number of nitrogens with zero attached hydrogens (tertiary/aromatic N) is 2. The van der Waals surface area contributed by atoms with E-state index in [1.54, 1.807) is 11.3 Å². The normalized spacial score (nSPS) is 9.93. The van der Waals surface area contributed by atoms with Gasteiger partial charge in [0, 0.05) is 31.2 Å². The SMILES string of the molecule is Cl.Cn1nccc1CNCc1cccs1. The fourth-order valence-electron chi connectivity index (χ4n) is 1.30. The summed E-state index contributed by atoms with van der Waals surface area (Å²) in [6, 6.07) is 6.24. The van der Waals surface area contributed by atoms with Gasteiger partial charge in [-0.05, 0) is 17.5 Å². The molecule has 5 heteroatoms. The summed E-state index contributed by atoms with van der Waals surface area (Å²) in [5.74, 6) is 0. The molecule has 2 heterocycles. The fourth-order valence-corrected chi connectivity index (χ4v) is 1.98. The van der Waals surface area contributed by atoms with Crippen molar-refractivity contribution in [1.29, 1.82) is 0 Å². The van der Waals surface area contributed by atoms with Gasteiger partial charge >= 0.3 is 0 Å². The van der Waals surface area contributed by atoms with Gasteiger partial charge in [0.25, 0.3) is 0 Å². The Morgan fingerprint density at radius 2 is 2.27 bits per heavy atom. The molecule has 0 saturated heterocycles. The molecule has 2 aromatic rings. The Morgan fingerprint density at radius 1 is 1.40 bits per heavy atom. The Morgan fingerprint density at radius 3 is 2.87 bits per heavy atom. The summed E-state index contributed by atoms with van der Waals surface area (Å²) in [6.45, 7) is 1.80. The van der Waals surface area contributed by atoms with Crippen molar-refractivity contribution in [2.45, 2.75) is 13.1 Å². The van der Waals surface area contributed by atoms with Crippen molar-refractivity contribution in [1.82, 2.24) is 15.1 Å². The number of halogens is 1. The first kappa shape index (κ1) is 12.2. The van der Waals surface area contributed by atoms with E-state index in [4.69, 9.17) is 0 Å². The van der Waals surface area contributed by atoms with E-state index in [9.17, 15) is 0 Å². The summed E-state index contributed by atoms with van der Waals surface area (Å²) in [5.41, 5.74) is 1.21. The summed E-state index contributed by atoms with van der Waals surface area (Å²) in [5, 5.41) is 9.59. The van der Waals surface area contributed by atoms with E-state index in [2.05, 4.69) is 27.9 Å². The molecule has 82 valence electrons. The molecule has 3 nitrogen and oxygen atoms in total. The molecule has 2 rings (SSSR count). The van der Waals surface area contributed by atoms with Crippen molar-refractivity contribution < 1.29 is 0 Å². The quantitative estimate of drug-likeness (QED) is 0.892. The number of nitrogens with one attached hydrogen (secondary N) is 1. The first-order chi connectivity index (χ1) is 6.86. The van der Waals surface area contributed by atoms with Gasteiger partial charge in [0.1, 0.15) is 0 Å². The molecule has 0 spiro atoms. The van der Waals surface area contributed by atoms with Gasteiger partial charge in [-0.25, -0.2) is 0 Å². The second kappa shape index (κ2) is 5.90. The topological polar surface area (TPSA) is 29.9 Å². The molecule has 0 radical (unpaired) electrons. The van der Waals surface area contributed by atoms with Gasteiger partial charge in [0.15, 0.2) is 0 Å². The number of rotatable bonds is 4. The number of aromatic nitrogens is 2. The van der Waals surface area contributed by atoms with Gasteiger partial charge in [-0.1, -0.05) is 6.07 Å². The van der Waals surface area contributed by atoms with E-state index in [1.807, 2.05) is 24.0 Å². The van der Waals surface area contributed by atoms with Crippen LogP contribution >= 0.6 is 23.7 Å². The number of aryl methyl sites for hydroxylation is 1. The third-order valence-corrected chi connectivity index (χ3v) is 2.98. The van der Waals surface area contributed by atoms with Crippen LogP contribution in [0.3, 0.4) is 0 Å². The summed E-state index contributed by atoms with van der Waals surface area (Å²) in [4.78, 5) is 1.37. The molecule has 0 fully saturated rings. The van der Waals surface area contributed by atoms with E-state index < -0.39 is 0 Å². The van der Waals surface area contributed by atoms with Crippen LogP contribution in [0.4, 0.5) is 0 Å². The van der Waals surface area contributed by atoms with Crippen LogP contribution in [0.25, 0.3) is 0 Å². The highest BCUT2D eigenvalue weighted by Gasteiger charge is 1.97. The third-order valence-electron chi connectivity index (χ3n) is 2.11. The molecule has 0 atom stereocenters. The second-order valence-corrected chi connectivity index (χ2v) is 4.16. The Hall–Kier alpha value is -0.840. The molecule has 2 aromatic heterocycles. The van der Waals surface area contributed by atoms with Crippen molar-refractivity contribution in [3.05, 3.63) is 40.3 Å². The number of hydrogen-bond acceptors (Lipinski definition) is 3. The van der Waals surface area contributed by atoms with E-state index in [0.29, 0.717) is 0 Å². The minimum Gasteiger partial charge on any atom is -0.306 e. The first-order valence-corrected chi connectivity index (χ1v) is 5.44. The molecular formula is C10H14ClN3S. The smallest absolute Gasteiger partial charge is 0.0518 e. The molecule has 0 amide bonds. The second-order valence-electron chi connectivity index (χ2n) is 3.13. The lowest BCUT2D eigenvalue weighted by Gasteiger charge is -2.03. The van der Waals surface area contributed by atoms with E-state index >= 15 is 0 Å². The maximum atomic E-state index is 4.11. The predicted octanol–water partition coefficient (Wildman–Crippen LogP) is 2.19. The van der Waals surface area contributed by atoms with Crippen LogP contribution in [0.15, 0.2) is 29.8 Å². The van der Waals surface area contributed by atoms with Gasteiger partial charge in [0.2, 0.25) is 0 Å². The molecule has 0 aromatic carbocycles. The zero-order chi connectivity index (χ0) is 9.80. The number of hydrogen-bond donors (Lipinski definition) is 1. The van der Waals surface area contributed by atoms with Gasteiger partial charge in [0.05, 0.1) is 5.69 Å². The summed E-state index contributed by atoms with van der Waals surface area (Å²) >= 11 is 1.78. The van der Waals surface area contributed by atoms with Gasteiger partial charge in [-0.3, -0.25) is 4.68 Å². The summed E-state index contributed by atoms with van der Waals surface area (Å²) < 4.78 is 1.89. The highest BCUT2D eigenvalue weighted by molar-refractivity contribution is 7.09. The van der Waals surface area contributed by atoms with Gasteiger partial charge < -0.3 is 5.32 Å². The van der Waals surface area contributed by atoms with Crippen LogP contribution < -0.4 is 5.32 Å². The van der Waals surface area contributed by atoms with E-state index in [1.165, 1.54) is 10.6 Å². The molecule has 0 aliphatic carbocycles. The van der Waals surface area contributed by atoms with Crippen LogP contribution in [0.2, 0.25) is 0 Å². The lowest BCUT2D eigenvalue weighted by Crippen LogP contribution is -2.14. The predicted molar refractivity (Wildman–Crippen MR) is 65.3 cm³/mol. The van der Waals surface area contributed by atoms with Gasteiger partial charge in [-0.2, -0.15) is 5.10 Å². The standard InChI is InChI=1S/C10H13N3S.ClH/c1-13-9(4-5-12-13)7-11-8-10-3-2-6-14-10;/h2-6,11H,7-8H2,1H3;1H. The van der Waals surface area contributed by atoms with Crippen LogP contribution in [-0.2, 0) is 20.1 Å². The lowest BCUT2D eigenvalue weighted by molar-refractivity contribution is 0.629. The molecule has 0 aliphatic heterocycles. The summed E-state index contributed by atoms with van der Waals surface area (Å²) in [6.07, 6.45) is 1.82. The van der Waals surface area contributed by atoms with Crippen molar-refractivity contribution in [3.8, 4) is 0 Å². The average Bonchev–Trinajstić information content (AvgIpc) is 2.78. The minimum absolute atomic E-state index is 0. The molecule has 0 unspecified atom stereocenters. The Labute approximate surface area is 99.5 Å². The average molecular weight is 244 g/mol. The van der Waals surface area contributed by atoms with Crippen LogP contribution in [0, 0.1) is 0 Å². The van der Waals surface area contributed by atoms with Crippen molar-refractivity contribution >= 4 is 23.7 Å². The monoisotopic (exact) mass is 243 g/mol. The largest absolute Gasteiger partial charge is 0.306 e. The Kier molecular flexibility index (Phi) is 4.81. The maximum Gasteiger partial charge on any atom is 0.0518 e. The van der Waals surface area contributed by atoms with Crippen molar-refractivity contribution in [2.75, 3.05) is 0 Å². The highest BCUT2D eigenvalue weighted by atomic mass is 35.5. The van der Waals surface area contributed by atoms with Crippen molar-refractivity contribution in [2.24, 2.45) is 7.05 Å². The maximum absolute atomic E-state index is 4.11. The highest BCUT2D eigenvalue weighted by Crippen LogP contribution is 2.07. The molecule has 0 saturated carbocycles. The van der Waals surface area contributed by atoms with Crippen LogP contribution in [-0.4, -0.2) is 9.78 Å². The van der Waals surface area contributed by atoms with Crippen molar-refractivity contribution in [3.63, 3.8) is 0 Å². The number of thiophene rings is 1. The Bertz CT molecular complexity index is 383. The molecule has 15 heavy (non-hydrogen) atoms. The first-order valence-electron chi connectivity index (χ1n) is 4.56. The zero-order valence-electron chi connectivity index (χ0n) is 8.51. The van der Waals surface area contributed by atoms with E-state index in [-0.39, 0.29) is 12.4 Å². The third kappa shape index (κ3) is 3.34. The Balaban J connectivity index is 0.00000112. The molecule has 1 N–H and O–H groups in total. The molecular weight excluding hydrogens is 230 g/mol. The van der Waals surface area contributed by atoms with Gasteiger partial charge in [-0.15, -0.1) is 23.7 Å². The fraction of sp³-hybridized carbons (Fsp3) is 0.300. The van der Waals surface area contributed by atoms with E-state index in [0.717, 1.165) is 13.1 Å². The van der Waals surface area contributed by atoms with Crippen LogP contribution in [0.5, 0.6) is 0 Å². The van der Waals surface area contributed by atoms with Crippen LogP contribution in [0.1, 0.15) is 10.6 Å². The molecule has 0 aliphatic rings. The molecule has 0 bridgehead atoms. The summed E-state index contributed by atoms with van der Waals surface area (Å²) in [7, 11) is 1.96. The minimum atomic E-state index is 0. The lowest BCUT2D eigenvalue weighted by atomic mass is 10.4.